The van der Waals surface area contributed by atoms with E-state index in [9.17, 15) is 0 Å². The van der Waals surface area contributed by atoms with Crippen molar-refractivity contribution in [3.8, 4) is 0 Å². The van der Waals surface area contributed by atoms with Crippen LogP contribution in [-0.4, -0.2) is 8.32 Å². The lowest BCUT2D eigenvalue weighted by Gasteiger charge is -2.15. The van der Waals surface area contributed by atoms with Gasteiger partial charge in [0.2, 0.25) is 8.32 Å². The second kappa shape index (κ2) is 4.28. The van der Waals surface area contributed by atoms with Gasteiger partial charge in [0, 0.05) is 5.57 Å². The molecule has 0 aliphatic heterocycles. The molecule has 0 fully saturated rings. The van der Waals surface area contributed by atoms with E-state index in [4.69, 9.17) is 4.43 Å². The van der Waals surface area contributed by atoms with Crippen LogP contribution in [0.4, 0.5) is 0 Å². The molecule has 0 N–H and O–H groups in total. The van der Waals surface area contributed by atoms with Crippen LogP contribution >= 0.6 is 0 Å². The smallest absolute Gasteiger partial charge is 0.241 e. The normalized spacial score (nSPS) is 15.8. The lowest BCUT2D eigenvalue weighted by molar-refractivity contribution is 0.477. The summed E-state index contributed by atoms with van der Waals surface area (Å²) in [5, 5.41) is 0. The summed E-state index contributed by atoms with van der Waals surface area (Å²) in [4.78, 5) is 0. The molecule has 0 aromatic carbocycles. The highest BCUT2D eigenvalue weighted by atomic mass is 28.4. The van der Waals surface area contributed by atoms with E-state index in [1.54, 1.807) is 0 Å². The summed E-state index contributed by atoms with van der Waals surface area (Å²) in [6.07, 6.45) is 14.0. The first kappa shape index (κ1) is 10.1. The van der Waals surface area contributed by atoms with Crippen molar-refractivity contribution in [1.82, 2.24) is 0 Å². The van der Waals surface area contributed by atoms with Crippen molar-refractivity contribution in [2.75, 3.05) is 0 Å². The molecule has 0 saturated heterocycles. The summed E-state index contributed by atoms with van der Waals surface area (Å²) >= 11 is 0. The van der Waals surface area contributed by atoms with Crippen LogP contribution in [0, 0.1) is 0 Å². The molecule has 1 aliphatic rings. The van der Waals surface area contributed by atoms with Gasteiger partial charge in [-0.2, -0.15) is 0 Å². The van der Waals surface area contributed by atoms with Crippen LogP contribution in [-0.2, 0) is 4.43 Å². The van der Waals surface area contributed by atoms with Crippen LogP contribution < -0.4 is 0 Å². The Morgan fingerprint density at radius 3 is 2.00 bits per heavy atom. The molecule has 0 radical (unpaired) electrons. The highest BCUT2D eigenvalue weighted by Crippen LogP contribution is 2.09. The van der Waals surface area contributed by atoms with Gasteiger partial charge in [0.05, 0.1) is 6.26 Å². The Morgan fingerprint density at radius 2 is 1.54 bits per heavy atom. The third kappa shape index (κ3) is 4.53. The zero-order chi connectivity index (χ0) is 9.73. The molecule has 0 unspecified atom stereocenters. The first-order valence-electron chi connectivity index (χ1n) is 4.47. The molecule has 1 rings (SSSR count). The largest absolute Gasteiger partial charge is 0.549 e. The molecule has 2 heteroatoms. The molecule has 0 spiro atoms. The molecular formula is C11H16OSi. The first-order valence-corrected chi connectivity index (χ1v) is 7.88. The van der Waals surface area contributed by atoms with Crippen LogP contribution in [0.5, 0.6) is 0 Å². The third-order valence-corrected chi connectivity index (χ3v) is 2.28. The molecule has 70 valence electrons. The lowest BCUT2D eigenvalue weighted by Crippen LogP contribution is -2.22. The molecule has 1 aliphatic carbocycles. The topological polar surface area (TPSA) is 9.23 Å². The van der Waals surface area contributed by atoms with E-state index in [1.165, 1.54) is 0 Å². The summed E-state index contributed by atoms with van der Waals surface area (Å²) in [5.74, 6) is 0. The highest BCUT2D eigenvalue weighted by molar-refractivity contribution is 6.69. The summed E-state index contributed by atoms with van der Waals surface area (Å²) in [6.45, 7) is 6.52. The van der Waals surface area contributed by atoms with E-state index in [0.29, 0.717) is 0 Å². The molecule has 0 saturated carbocycles. The Bertz CT molecular complexity index is 259. The number of hydrogen-bond donors (Lipinski definition) is 0. The van der Waals surface area contributed by atoms with Crippen molar-refractivity contribution in [3.05, 3.63) is 48.3 Å². The van der Waals surface area contributed by atoms with E-state index in [-0.39, 0.29) is 0 Å². The average Bonchev–Trinajstić information content (AvgIpc) is 2.26. The van der Waals surface area contributed by atoms with E-state index < -0.39 is 8.32 Å². The van der Waals surface area contributed by atoms with Gasteiger partial charge in [0.15, 0.2) is 0 Å². The van der Waals surface area contributed by atoms with Gasteiger partial charge < -0.3 is 4.43 Å². The van der Waals surface area contributed by atoms with Crippen molar-refractivity contribution < 1.29 is 4.43 Å². The molecule has 0 aromatic rings. The molecule has 0 heterocycles. The molecule has 0 amide bonds. The number of allylic oxidation sites excluding steroid dienone is 7. The summed E-state index contributed by atoms with van der Waals surface area (Å²) in [5.41, 5.74) is 1.12. The van der Waals surface area contributed by atoms with Crippen molar-refractivity contribution >= 4 is 8.32 Å². The first-order chi connectivity index (χ1) is 6.08. The molecule has 13 heavy (non-hydrogen) atoms. The van der Waals surface area contributed by atoms with Gasteiger partial charge in [-0.1, -0.05) is 36.5 Å². The fraction of sp³-hybridized carbons (Fsp3) is 0.273. The fourth-order valence-electron chi connectivity index (χ4n) is 0.841. The maximum Gasteiger partial charge on any atom is 0.241 e. The Balaban J connectivity index is 2.62. The maximum atomic E-state index is 5.67. The Morgan fingerprint density at radius 1 is 1.00 bits per heavy atom. The third-order valence-electron chi connectivity index (χ3n) is 1.46. The predicted octanol–water partition coefficient (Wildman–Crippen LogP) is 3.40. The zero-order valence-corrected chi connectivity index (χ0v) is 9.45. The van der Waals surface area contributed by atoms with E-state index in [1.807, 2.05) is 42.7 Å². The SMILES string of the molecule is C[Si](C)(C)OC=C1C=CC=CC=C1. The summed E-state index contributed by atoms with van der Waals surface area (Å²) in [7, 11) is -1.42. The molecule has 0 atom stereocenters. The second-order valence-electron chi connectivity index (χ2n) is 3.95. The van der Waals surface area contributed by atoms with Gasteiger partial charge in [-0.15, -0.1) is 0 Å². The van der Waals surface area contributed by atoms with Gasteiger partial charge in [-0.3, -0.25) is 0 Å². The van der Waals surface area contributed by atoms with Crippen molar-refractivity contribution in [3.63, 3.8) is 0 Å². The van der Waals surface area contributed by atoms with Gasteiger partial charge in [-0.05, 0) is 19.6 Å². The van der Waals surface area contributed by atoms with Gasteiger partial charge in [0.25, 0.3) is 0 Å². The highest BCUT2D eigenvalue weighted by Gasteiger charge is 2.13. The van der Waals surface area contributed by atoms with Crippen molar-refractivity contribution in [2.45, 2.75) is 19.6 Å². The minimum Gasteiger partial charge on any atom is -0.549 e. The molecular weight excluding hydrogens is 176 g/mol. The van der Waals surface area contributed by atoms with Crippen LogP contribution in [0.25, 0.3) is 0 Å². The van der Waals surface area contributed by atoms with Crippen molar-refractivity contribution in [2.24, 2.45) is 0 Å². The maximum absolute atomic E-state index is 5.67. The molecule has 0 bridgehead atoms. The number of hydrogen-bond acceptors (Lipinski definition) is 1. The van der Waals surface area contributed by atoms with Crippen molar-refractivity contribution in [1.29, 1.82) is 0 Å². The Labute approximate surface area is 81.2 Å². The van der Waals surface area contributed by atoms with Crippen LogP contribution in [0.2, 0.25) is 19.6 Å². The van der Waals surface area contributed by atoms with Crippen LogP contribution in [0.3, 0.4) is 0 Å². The molecule has 1 nitrogen and oxygen atoms in total. The monoisotopic (exact) mass is 192 g/mol. The average molecular weight is 192 g/mol. The Hall–Kier alpha value is -1.02. The fourth-order valence-corrected chi connectivity index (χ4v) is 1.33. The quantitative estimate of drug-likeness (QED) is 0.481. The van der Waals surface area contributed by atoms with E-state index >= 15 is 0 Å². The van der Waals surface area contributed by atoms with Gasteiger partial charge in [0.1, 0.15) is 0 Å². The number of rotatable bonds is 2. The lowest BCUT2D eigenvalue weighted by atomic mass is 10.3. The molecule has 0 aromatic heterocycles. The second-order valence-corrected chi connectivity index (χ2v) is 8.41. The standard InChI is InChI=1S/C11H16OSi/c1-13(2,3)12-10-11-8-6-4-5-7-9-11/h4-10H,1-3H3. The van der Waals surface area contributed by atoms with Gasteiger partial charge in [-0.25, -0.2) is 0 Å². The van der Waals surface area contributed by atoms with Crippen LogP contribution in [0.1, 0.15) is 0 Å². The summed E-state index contributed by atoms with van der Waals surface area (Å²) in [6, 6.07) is 0. The minimum absolute atomic E-state index is 1.12. The minimum atomic E-state index is -1.42. The van der Waals surface area contributed by atoms with Crippen LogP contribution in [0.15, 0.2) is 48.3 Å². The summed E-state index contributed by atoms with van der Waals surface area (Å²) < 4.78 is 5.67. The van der Waals surface area contributed by atoms with E-state index in [2.05, 4.69) is 19.6 Å². The Kier molecular flexibility index (Phi) is 3.31. The van der Waals surface area contributed by atoms with E-state index in [0.717, 1.165) is 5.57 Å². The van der Waals surface area contributed by atoms with Gasteiger partial charge >= 0.3 is 0 Å². The predicted molar refractivity (Wildman–Crippen MR) is 59.9 cm³/mol. The zero-order valence-electron chi connectivity index (χ0n) is 8.45.